The van der Waals surface area contributed by atoms with Crippen LogP contribution in [0.15, 0.2) is 35.7 Å². The van der Waals surface area contributed by atoms with Crippen LogP contribution in [0.25, 0.3) is 5.69 Å². The average Bonchev–Trinajstić information content (AvgIpc) is 2.88. The lowest BCUT2D eigenvalue weighted by Gasteiger charge is -2.11. The van der Waals surface area contributed by atoms with E-state index in [4.69, 9.17) is 11.6 Å². The minimum Gasteiger partial charge on any atom is -0.356 e. The number of thioether (sulfide) groups is 1. The van der Waals surface area contributed by atoms with Crippen LogP contribution in [0.1, 0.15) is 12.5 Å². The number of amides is 1. The van der Waals surface area contributed by atoms with Crippen molar-refractivity contribution in [2.45, 2.75) is 19.0 Å². The number of hydrogen-bond acceptors (Lipinski definition) is 3. The average molecular weight is 310 g/mol. The fourth-order valence-electron chi connectivity index (χ4n) is 1.82. The minimum absolute atomic E-state index is 0.00914. The second kappa shape index (κ2) is 6.81. The number of nitrogens with zero attached hydrogens (tertiary/aromatic N) is 2. The van der Waals surface area contributed by atoms with Gasteiger partial charge in [0.05, 0.1) is 11.4 Å². The van der Waals surface area contributed by atoms with E-state index in [1.54, 1.807) is 6.20 Å². The normalized spacial score (nSPS) is 10.6. The molecule has 2 rings (SSSR count). The molecular weight excluding hydrogens is 294 g/mol. The quantitative estimate of drug-likeness (QED) is 0.864. The van der Waals surface area contributed by atoms with E-state index in [9.17, 15) is 4.79 Å². The molecule has 0 fully saturated rings. The molecule has 1 aromatic carbocycles. The maximum Gasteiger partial charge on any atom is 0.230 e. The van der Waals surface area contributed by atoms with E-state index in [0.29, 0.717) is 12.3 Å². The van der Waals surface area contributed by atoms with Crippen molar-refractivity contribution in [3.63, 3.8) is 0 Å². The first-order valence-electron chi connectivity index (χ1n) is 6.31. The lowest BCUT2D eigenvalue weighted by molar-refractivity contribution is -0.118. The van der Waals surface area contributed by atoms with Crippen LogP contribution in [-0.2, 0) is 4.79 Å². The fourth-order valence-corrected chi connectivity index (χ4v) is 2.78. The van der Waals surface area contributed by atoms with Crippen LogP contribution in [0, 0.1) is 6.92 Å². The van der Waals surface area contributed by atoms with Gasteiger partial charge in [-0.1, -0.05) is 29.4 Å². The van der Waals surface area contributed by atoms with Gasteiger partial charge in [0.15, 0.2) is 5.16 Å². The highest BCUT2D eigenvalue weighted by atomic mass is 35.5. The van der Waals surface area contributed by atoms with Crippen molar-refractivity contribution >= 4 is 29.3 Å². The third-order valence-corrected chi connectivity index (χ3v) is 4.19. The van der Waals surface area contributed by atoms with Crippen molar-refractivity contribution in [3.8, 4) is 5.69 Å². The van der Waals surface area contributed by atoms with Crippen molar-refractivity contribution < 1.29 is 4.79 Å². The SMILES string of the molecule is CCNC(=O)CSc1nccn1-c1cccc(Cl)c1C. The summed E-state index contributed by atoms with van der Waals surface area (Å²) >= 11 is 7.56. The Balaban J connectivity index is 2.20. The number of benzene rings is 1. The topological polar surface area (TPSA) is 46.9 Å². The summed E-state index contributed by atoms with van der Waals surface area (Å²) in [6.45, 7) is 4.51. The van der Waals surface area contributed by atoms with Gasteiger partial charge in [0.25, 0.3) is 0 Å². The molecule has 2 aromatic rings. The summed E-state index contributed by atoms with van der Waals surface area (Å²) in [6, 6.07) is 5.75. The van der Waals surface area contributed by atoms with Crippen molar-refractivity contribution in [2.24, 2.45) is 0 Å². The molecule has 1 amide bonds. The lowest BCUT2D eigenvalue weighted by Crippen LogP contribution is -2.24. The fraction of sp³-hybridized carbons (Fsp3) is 0.286. The number of aromatic nitrogens is 2. The molecule has 0 atom stereocenters. The summed E-state index contributed by atoms with van der Waals surface area (Å²) in [4.78, 5) is 15.8. The Bertz CT molecular complexity index is 612. The zero-order valence-electron chi connectivity index (χ0n) is 11.4. The summed E-state index contributed by atoms with van der Waals surface area (Å²) in [6.07, 6.45) is 3.60. The van der Waals surface area contributed by atoms with E-state index in [-0.39, 0.29) is 5.91 Å². The molecule has 0 aliphatic rings. The molecule has 1 N–H and O–H groups in total. The zero-order valence-corrected chi connectivity index (χ0v) is 13.0. The van der Waals surface area contributed by atoms with Gasteiger partial charge in [-0.05, 0) is 31.5 Å². The van der Waals surface area contributed by atoms with Crippen LogP contribution in [0.4, 0.5) is 0 Å². The van der Waals surface area contributed by atoms with Gasteiger partial charge in [0.1, 0.15) is 0 Å². The first kappa shape index (κ1) is 14.9. The Morgan fingerprint density at radius 2 is 2.30 bits per heavy atom. The molecule has 0 aliphatic carbocycles. The Morgan fingerprint density at radius 3 is 3.05 bits per heavy atom. The molecule has 0 saturated carbocycles. The number of halogens is 1. The summed E-state index contributed by atoms with van der Waals surface area (Å²) in [5, 5.41) is 4.27. The van der Waals surface area contributed by atoms with Gasteiger partial charge in [-0.3, -0.25) is 9.36 Å². The van der Waals surface area contributed by atoms with Gasteiger partial charge >= 0.3 is 0 Å². The summed E-state index contributed by atoms with van der Waals surface area (Å²) in [5.74, 6) is 0.361. The first-order valence-corrected chi connectivity index (χ1v) is 7.68. The third-order valence-electron chi connectivity index (χ3n) is 2.81. The summed E-state index contributed by atoms with van der Waals surface area (Å²) in [7, 11) is 0. The van der Waals surface area contributed by atoms with E-state index in [1.807, 2.05) is 42.8 Å². The highest BCUT2D eigenvalue weighted by Gasteiger charge is 2.11. The maximum atomic E-state index is 11.5. The van der Waals surface area contributed by atoms with Gasteiger partial charge < -0.3 is 5.32 Å². The molecule has 0 aliphatic heterocycles. The smallest absolute Gasteiger partial charge is 0.230 e. The highest BCUT2D eigenvalue weighted by Crippen LogP contribution is 2.26. The van der Waals surface area contributed by atoms with Crippen LogP contribution < -0.4 is 5.32 Å². The molecule has 0 spiro atoms. The number of carbonyl (C=O) groups excluding carboxylic acids is 1. The Labute approximate surface area is 127 Å². The Morgan fingerprint density at radius 1 is 1.50 bits per heavy atom. The van der Waals surface area contributed by atoms with Crippen LogP contribution in [0.3, 0.4) is 0 Å². The third kappa shape index (κ3) is 3.35. The van der Waals surface area contributed by atoms with Crippen LogP contribution in [-0.4, -0.2) is 27.8 Å². The number of rotatable bonds is 5. The van der Waals surface area contributed by atoms with Crippen molar-refractivity contribution in [3.05, 3.63) is 41.2 Å². The highest BCUT2D eigenvalue weighted by molar-refractivity contribution is 7.99. The molecular formula is C14H16ClN3OS. The molecule has 106 valence electrons. The Hall–Kier alpha value is -1.46. The maximum absolute atomic E-state index is 11.5. The predicted molar refractivity (Wildman–Crippen MR) is 82.7 cm³/mol. The molecule has 0 unspecified atom stereocenters. The van der Waals surface area contributed by atoms with E-state index in [2.05, 4.69) is 10.3 Å². The zero-order chi connectivity index (χ0) is 14.5. The number of carbonyl (C=O) groups is 1. The molecule has 6 heteroatoms. The molecule has 20 heavy (non-hydrogen) atoms. The molecule has 1 heterocycles. The molecule has 0 saturated heterocycles. The van der Waals surface area contributed by atoms with E-state index >= 15 is 0 Å². The molecule has 4 nitrogen and oxygen atoms in total. The van der Waals surface area contributed by atoms with Crippen LogP contribution >= 0.6 is 23.4 Å². The molecule has 0 radical (unpaired) electrons. The van der Waals surface area contributed by atoms with Crippen molar-refractivity contribution in [1.29, 1.82) is 0 Å². The molecule has 0 bridgehead atoms. The second-order valence-electron chi connectivity index (χ2n) is 4.21. The number of imidazole rings is 1. The first-order chi connectivity index (χ1) is 9.63. The minimum atomic E-state index is 0.00914. The van der Waals surface area contributed by atoms with Gasteiger partial charge in [0, 0.05) is 24.0 Å². The standard InChI is InChI=1S/C14H16ClN3OS/c1-3-16-13(19)9-20-14-17-7-8-18(14)12-6-4-5-11(15)10(12)2/h4-8H,3,9H2,1-2H3,(H,16,19). The van der Waals surface area contributed by atoms with Crippen molar-refractivity contribution in [2.75, 3.05) is 12.3 Å². The number of hydrogen-bond donors (Lipinski definition) is 1. The second-order valence-corrected chi connectivity index (χ2v) is 5.56. The largest absolute Gasteiger partial charge is 0.356 e. The predicted octanol–water partition coefficient (Wildman–Crippen LogP) is 3.06. The summed E-state index contributed by atoms with van der Waals surface area (Å²) in [5.41, 5.74) is 1.97. The Kier molecular flexibility index (Phi) is 5.09. The van der Waals surface area contributed by atoms with E-state index < -0.39 is 0 Å². The van der Waals surface area contributed by atoms with Gasteiger partial charge in [-0.15, -0.1) is 0 Å². The van der Waals surface area contributed by atoms with Crippen molar-refractivity contribution in [1.82, 2.24) is 14.9 Å². The molecule has 1 aromatic heterocycles. The lowest BCUT2D eigenvalue weighted by atomic mass is 10.2. The van der Waals surface area contributed by atoms with Gasteiger partial charge in [-0.25, -0.2) is 4.98 Å². The summed E-state index contributed by atoms with van der Waals surface area (Å²) < 4.78 is 1.95. The van der Waals surface area contributed by atoms with E-state index in [0.717, 1.165) is 21.4 Å². The monoisotopic (exact) mass is 309 g/mol. The van der Waals surface area contributed by atoms with Gasteiger partial charge in [0.2, 0.25) is 5.91 Å². The number of nitrogens with one attached hydrogen (secondary N) is 1. The van der Waals surface area contributed by atoms with Crippen LogP contribution in [0.2, 0.25) is 5.02 Å². The van der Waals surface area contributed by atoms with Gasteiger partial charge in [-0.2, -0.15) is 0 Å². The van der Waals surface area contributed by atoms with E-state index in [1.165, 1.54) is 11.8 Å². The van der Waals surface area contributed by atoms with Crippen LogP contribution in [0.5, 0.6) is 0 Å².